The Morgan fingerprint density at radius 2 is 1.76 bits per heavy atom. The molecule has 2 aromatic rings. The van der Waals surface area contributed by atoms with E-state index in [4.69, 9.17) is 18.9 Å². The molecule has 1 N–H and O–H groups in total. The van der Waals surface area contributed by atoms with Crippen LogP contribution in [0.25, 0.3) is 0 Å². The zero-order valence-electron chi connectivity index (χ0n) is 14.2. The van der Waals surface area contributed by atoms with Gasteiger partial charge in [0.05, 0.1) is 32.5 Å². The number of hydrogen-bond donors (Lipinski definition) is 1. The van der Waals surface area contributed by atoms with Crippen LogP contribution in [0.3, 0.4) is 0 Å². The summed E-state index contributed by atoms with van der Waals surface area (Å²) in [6.07, 6.45) is 1.42. The second-order valence-electron chi connectivity index (χ2n) is 4.78. The van der Waals surface area contributed by atoms with Crippen molar-refractivity contribution in [2.75, 3.05) is 33.3 Å². The number of anilines is 1. The lowest BCUT2D eigenvalue weighted by molar-refractivity contribution is -0.119. The normalized spacial score (nSPS) is 10.1. The first kappa shape index (κ1) is 18.5. The second kappa shape index (κ2) is 8.34. The number of ether oxygens (including phenoxy) is 4. The van der Waals surface area contributed by atoms with Gasteiger partial charge in [-0.2, -0.15) is 0 Å². The fourth-order valence-corrected chi connectivity index (χ4v) is 2.68. The van der Waals surface area contributed by atoms with Crippen molar-refractivity contribution in [3.05, 3.63) is 28.2 Å². The molecule has 0 bridgehead atoms. The van der Waals surface area contributed by atoms with Crippen molar-refractivity contribution < 1.29 is 28.5 Å². The molecule has 0 aliphatic heterocycles. The quantitative estimate of drug-likeness (QED) is 0.751. The molecule has 1 aromatic heterocycles. The number of thiazole rings is 1. The largest absolute Gasteiger partial charge is 0.493 e. The molecule has 0 saturated heterocycles. The van der Waals surface area contributed by atoms with Crippen molar-refractivity contribution in [1.82, 2.24) is 4.98 Å². The molecule has 1 amide bonds. The van der Waals surface area contributed by atoms with E-state index in [0.717, 1.165) is 5.01 Å². The molecule has 0 radical (unpaired) electrons. The van der Waals surface area contributed by atoms with Crippen molar-refractivity contribution in [2.24, 2.45) is 0 Å². The topological polar surface area (TPSA) is 96.0 Å². The summed E-state index contributed by atoms with van der Waals surface area (Å²) in [6.45, 7) is 1.35. The minimum absolute atomic E-state index is 0.345. The average molecular weight is 366 g/mol. The number of nitrogens with one attached hydrogen (secondary N) is 1. The van der Waals surface area contributed by atoms with Crippen LogP contribution in [-0.4, -0.2) is 44.8 Å². The number of rotatable bonds is 7. The Kier molecular flexibility index (Phi) is 6.18. The minimum atomic E-state index is -0.592. The molecule has 0 atom stereocenters. The first-order chi connectivity index (χ1) is 12.0. The van der Waals surface area contributed by atoms with Gasteiger partial charge in [0, 0.05) is 17.8 Å². The van der Waals surface area contributed by atoms with Crippen LogP contribution in [0, 0.1) is 6.92 Å². The second-order valence-corrected chi connectivity index (χ2v) is 6.02. The van der Waals surface area contributed by atoms with E-state index in [-0.39, 0.29) is 0 Å². The maximum atomic E-state index is 12.0. The number of methoxy groups -OCH3 is 3. The van der Waals surface area contributed by atoms with Crippen LogP contribution in [0.4, 0.5) is 5.69 Å². The molecule has 0 spiro atoms. The van der Waals surface area contributed by atoms with Gasteiger partial charge in [0.2, 0.25) is 5.75 Å². The van der Waals surface area contributed by atoms with Gasteiger partial charge >= 0.3 is 5.97 Å². The number of hydrogen-bond acceptors (Lipinski definition) is 8. The van der Waals surface area contributed by atoms with E-state index in [1.807, 2.05) is 0 Å². The molecule has 1 aromatic carbocycles. The van der Waals surface area contributed by atoms with Crippen molar-refractivity contribution >= 4 is 28.9 Å². The zero-order chi connectivity index (χ0) is 18.4. The highest BCUT2D eigenvalue weighted by atomic mass is 32.1. The third-order valence-electron chi connectivity index (χ3n) is 3.11. The first-order valence-electron chi connectivity index (χ1n) is 7.18. The van der Waals surface area contributed by atoms with Crippen molar-refractivity contribution in [2.45, 2.75) is 6.92 Å². The highest BCUT2D eigenvalue weighted by molar-refractivity contribution is 7.13. The molecule has 0 aliphatic rings. The van der Waals surface area contributed by atoms with Gasteiger partial charge in [0.25, 0.3) is 5.91 Å². The van der Waals surface area contributed by atoms with Crippen LogP contribution in [0.2, 0.25) is 0 Å². The van der Waals surface area contributed by atoms with Gasteiger partial charge in [-0.15, -0.1) is 11.3 Å². The van der Waals surface area contributed by atoms with E-state index in [2.05, 4.69) is 10.3 Å². The van der Waals surface area contributed by atoms with E-state index in [0.29, 0.717) is 27.8 Å². The summed E-state index contributed by atoms with van der Waals surface area (Å²) in [5.41, 5.74) is 0.421. The van der Waals surface area contributed by atoms with Crippen molar-refractivity contribution in [3.8, 4) is 17.2 Å². The van der Waals surface area contributed by atoms with E-state index in [9.17, 15) is 9.59 Å². The zero-order valence-corrected chi connectivity index (χ0v) is 15.1. The molecule has 8 nitrogen and oxygen atoms in total. The predicted molar refractivity (Wildman–Crippen MR) is 91.9 cm³/mol. The Labute approximate surface area is 148 Å². The molecular weight excluding hydrogens is 348 g/mol. The Morgan fingerprint density at radius 3 is 2.24 bits per heavy atom. The van der Waals surface area contributed by atoms with Gasteiger partial charge in [-0.1, -0.05) is 0 Å². The number of aryl methyl sites for hydroxylation is 1. The van der Waals surface area contributed by atoms with Crippen LogP contribution in [0.1, 0.15) is 14.7 Å². The number of nitrogens with zero attached hydrogens (tertiary/aromatic N) is 1. The Hall–Kier alpha value is -2.81. The molecule has 0 fully saturated rings. The van der Waals surface area contributed by atoms with E-state index < -0.39 is 18.5 Å². The summed E-state index contributed by atoms with van der Waals surface area (Å²) < 4.78 is 20.6. The summed E-state index contributed by atoms with van der Waals surface area (Å²) in [5, 5.41) is 3.36. The van der Waals surface area contributed by atoms with Crippen LogP contribution in [0.15, 0.2) is 18.3 Å². The summed E-state index contributed by atoms with van der Waals surface area (Å²) in [5.74, 6) is 0.119. The number of amides is 1. The number of carbonyl (C=O) groups is 2. The fraction of sp³-hybridized carbons (Fsp3) is 0.312. The summed E-state index contributed by atoms with van der Waals surface area (Å²) in [6, 6.07) is 3.15. The highest BCUT2D eigenvalue weighted by Crippen LogP contribution is 2.39. The molecule has 1 heterocycles. The van der Waals surface area contributed by atoms with E-state index in [1.54, 1.807) is 19.1 Å². The van der Waals surface area contributed by atoms with Crippen LogP contribution < -0.4 is 19.5 Å². The molecule has 0 aliphatic carbocycles. The summed E-state index contributed by atoms with van der Waals surface area (Å²) in [7, 11) is 4.43. The third kappa shape index (κ3) is 4.60. The van der Waals surface area contributed by atoms with Gasteiger partial charge < -0.3 is 24.3 Å². The lowest BCUT2D eigenvalue weighted by atomic mass is 10.2. The fourth-order valence-electron chi connectivity index (χ4n) is 2.01. The Bertz CT molecular complexity index is 749. The Balaban J connectivity index is 2.01. The monoisotopic (exact) mass is 366 g/mol. The molecule has 0 saturated carbocycles. The lowest BCUT2D eigenvalue weighted by Crippen LogP contribution is -2.20. The average Bonchev–Trinajstić information content (AvgIpc) is 3.05. The van der Waals surface area contributed by atoms with Crippen molar-refractivity contribution in [3.63, 3.8) is 0 Å². The van der Waals surface area contributed by atoms with E-state index in [1.165, 1.54) is 38.9 Å². The molecule has 2 rings (SSSR count). The van der Waals surface area contributed by atoms with E-state index >= 15 is 0 Å². The third-order valence-corrected chi connectivity index (χ3v) is 4.00. The Morgan fingerprint density at radius 1 is 1.12 bits per heavy atom. The van der Waals surface area contributed by atoms with Gasteiger partial charge in [-0.3, -0.25) is 4.79 Å². The van der Waals surface area contributed by atoms with Crippen LogP contribution in [-0.2, 0) is 9.53 Å². The van der Waals surface area contributed by atoms with Gasteiger partial charge in [0.15, 0.2) is 18.1 Å². The first-order valence-corrected chi connectivity index (χ1v) is 7.99. The van der Waals surface area contributed by atoms with Gasteiger partial charge in [0.1, 0.15) is 4.88 Å². The molecular formula is C16H18N2O6S. The molecule has 0 unspecified atom stereocenters. The summed E-state index contributed by atoms with van der Waals surface area (Å²) >= 11 is 1.20. The molecule has 134 valence electrons. The minimum Gasteiger partial charge on any atom is -0.493 e. The van der Waals surface area contributed by atoms with Crippen molar-refractivity contribution in [1.29, 1.82) is 0 Å². The number of carbonyl (C=O) groups excluding carboxylic acids is 2. The number of aromatic nitrogens is 1. The van der Waals surface area contributed by atoms with Crippen LogP contribution in [0.5, 0.6) is 17.2 Å². The molecule has 25 heavy (non-hydrogen) atoms. The maximum absolute atomic E-state index is 12.0. The highest BCUT2D eigenvalue weighted by Gasteiger charge is 2.16. The maximum Gasteiger partial charge on any atom is 0.350 e. The number of esters is 1. The van der Waals surface area contributed by atoms with Crippen LogP contribution >= 0.6 is 11.3 Å². The predicted octanol–water partition coefficient (Wildman–Crippen LogP) is 2.27. The van der Waals surface area contributed by atoms with Gasteiger partial charge in [-0.05, 0) is 6.92 Å². The summed E-state index contributed by atoms with van der Waals surface area (Å²) in [4.78, 5) is 28.1. The lowest BCUT2D eigenvalue weighted by Gasteiger charge is -2.14. The van der Waals surface area contributed by atoms with Gasteiger partial charge in [-0.25, -0.2) is 9.78 Å². The number of benzene rings is 1. The standard InChI is InChI=1S/C16H18N2O6S/c1-9-17-7-13(25-9)16(20)24-8-14(19)18-10-5-11(21-2)15(23-4)12(6-10)22-3/h5-7H,8H2,1-4H3,(H,18,19). The SMILES string of the molecule is COc1cc(NC(=O)COC(=O)c2cnc(C)s2)cc(OC)c1OC. The molecule has 9 heteroatoms. The smallest absolute Gasteiger partial charge is 0.350 e.